The molecule has 148 valence electrons. The van der Waals surface area contributed by atoms with E-state index in [-0.39, 0.29) is 11.8 Å². The molecule has 2 rings (SSSR count). The number of carbonyl (C=O) groups excluding carboxylic acids is 1. The van der Waals surface area contributed by atoms with Crippen LogP contribution >= 0.6 is 11.6 Å². The molecular weight excluding hydrogens is 380 g/mol. The minimum atomic E-state index is -2.16. The van der Waals surface area contributed by atoms with Gasteiger partial charge in [-0.15, -0.1) is 0 Å². The summed E-state index contributed by atoms with van der Waals surface area (Å²) in [6, 6.07) is 11.0. The Morgan fingerprint density at radius 2 is 1.41 bits per heavy atom. The van der Waals surface area contributed by atoms with Crippen LogP contribution in [0.15, 0.2) is 41.3 Å². The second-order valence-electron chi connectivity index (χ2n) is 7.37. The van der Waals surface area contributed by atoms with Gasteiger partial charge < -0.3 is 4.55 Å². The van der Waals surface area contributed by atoms with E-state index in [4.69, 9.17) is 11.6 Å². The highest BCUT2D eigenvalue weighted by Crippen LogP contribution is 2.33. The quantitative estimate of drug-likeness (QED) is 0.422. The van der Waals surface area contributed by atoms with E-state index in [1.807, 2.05) is 39.8 Å². The molecule has 0 amide bonds. The normalized spacial score (nSPS) is 12.1. The van der Waals surface area contributed by atoms with Crippen molar-refractivity contribution in [3.8, 4) is 0 Å². The number of benzene rings is 2. The van der Waals surface area contributed by atoms with Gasteiger partial charge in [0.2, 0.25) is 0 Å². The molecule has 3 nitrogen and oxygen atoms in total. The first-order chi connectivity index (χ1) is 12.6. The fourth-order valence-electron chi connectivity index (χ4n) is 2.65. The van der Waals surface area contributed by atoms with Crippen molar-refractivity contribution in [3.63, 3.8) is 0 Å². The monoisotopic (exact) mass is 407 g/mol. The highest BCUT2D eigenvalue weighted by molar-refractivity contribution is 7.79. The first-order valence-corrected chi connectivity index (χ1v) is 10.5. The summed E-state index contributed by atoms with van der Waals surface area (Å²) in [5, 5.41) is 0.507. The molecule has 0 fully saturated rings. The zero-order chi connectivity index (χ0) is 20.7. The van der Waals surface area contributed by atoms with Crippen LogP contribution in [0.1, 0.15) is 86.3 Å². The molecular formula is C22H28ClO3S-. The third-order valence-corrected chi connectivity index (χ3v) is 5.43. The average molecular weight is 408 g/mol. The summed E-state index contributed by atoms with van der Waals surface area (Å²) < 4.78 is 23.1. The van der Waals surface area contributed by atoms with Gasteiger partial charge >= 0.3 is 0 Å². The summed E-state index contributed by atoms with van der Waals surface area (Å²) in [5.74, 6) is 0.845. The number of hydrogen-bond donors (Lipinski definition) is 0. The predicted molar refractivity (Wildman–Crippen MR) is 113 cm³/mol. The summed E-state index contributed by atoms with van der Waals surface area (Å²) in [6.07, 6.45) is 0.738. The van der Waals surface area contributed by atoms with Crippen molar-refractivity contribution in [1.29, 1.82) is 0 Å². The highest BCUT2D eigenvalue weighted by Gasteiger charge is 2.17. The van der Waals surface area contributed by atoms with E-state index in [1.54, 1.807) is 24.3 Å². The second-order valence-corrected chi connectivity index (χ2v) is 8.65. The Balaban J connectivity index is 0.000000337. The van der Waals surface area contributed by atoms with Gasteiger partial charge in [0.25, 0.3) is 0 Å². The molecule has 0 N–H and O–H groups in total. The number of aldehydes is 1. The van der Waals surface area contributed by atoms with Crippen LogP contribution in [0.5, 0.6) is 0 Å². The van der Waals surface area contributed by atoms with Crippen LogP contribution in [0.4, 0.5) is 0 Å². The van der Waals surface area contributed by atoms with Crippen molar-refractivity contribution >= 4 is 29.0 Å². The third-order valence-electron chi connectivity index (χ3n) is 4.28. The van der Waals surface area contributed by atoms with Crippen molar-refractivity contribution in [2.24, 2.45) is 0 Å². The van der Waals surface area contributed by atoms with E-state index < -0.39 is 11.1 Å². The van der Waals surface area contributed by atoms with Gasteiger partial charge in [-0.2, -0.15) is 0 Å². The average Bonchev–Trinajstić information content (AvgIpc) is 2.61. The lowest BCUT2D eigenvalue weighted by Gasteiger charge is -2.23. The van der Waals surface area contributed by atoms with Crippen molar-refractivity contribution < 1.29 is 13.6 Å². The first-order valence-electron chi connectivity index (χ1n) is 9.06. The molecule has 0 radical (unpaired) electrons. The van der Waals surface area contributed by atoms with Gasteiger partial charge in [0.1, 0.15) is 0 Å². The Kier molecular flexibility index (Phi) is 9.37. The van der Waals surface area contributed by atoms with E-state index in [0.717, 1.165) is 17.4 Å². The van der Waals surface area contributed by atoms with Gasteiger partial charge in [-0.05, 0) is 51.6 Å². The number of rotatable bonds is 5. The Bertz CT molecular complexity index is 769. The van der Waals surface area contributed by atoms with Crippen LogP contribution < -0.4 is 0 Å². The van der Waals surface area contributed by atoms with Crippen molar-refractivity contribution in [2.75, 3.05) is 0 Å². The fraction of sp³-hybridized carbons (Fsp3) is 0.409. The lowest BCUT2D eigenvalue weighted by atomic mass is 9.89. The maximum absolute atomic E-state index is 11.5. The topological polar surface area (TPSA) is 57.2 Å². The maximum atomic E-state index is 11.5. The predicted octanol–water partition coefficient (Wildman–Crippen LogP) is 6.45. The minimum absolute atomic E-state index is 0.217. The molecule has 5 heteroatoms. The van der Waals surface area contributed by atoms with E-state index in [0.29, 0.717) is 21.4 Å². The summed E-state index contributed by atoms with van der Waals surface area (Å²) in [6.45, 7) is 12.4. The van der Waals surface area contributed by atoms with Gasteiger partial charge in [-0.1, -0.05) is 83.5 Å². The lowest BCUT2D eigenvalue weighted by Crippen LogP contribution is -2.07. The van der Waals surface area contributed by atoms with Crippen LogP contribution in [0.25, 0.3) is 0 Å². The Morgan fingerprint density at radius 1 is 0.926 bits per heavy atom. The molecule has 1 atom stereocenters. The van der Waals surface area contributed by atoms with Crippen LogP contribution in [0.3, 0.4) is 0 Å². The number of hydrogen-bond acceptors (Lipinski definition) is 3. The maximum Gasteiger partial charge on any atom is 0.151 e. The molecule has 0 spiro atoms. The van der Waals surface area contributed by atoms with Gasteiger partial charge in [-0.25, -0.2) is 0 Å². The summed E-state index contributed by atoms with van der Waals surface area (Å²) in [5.41, 5.74) is 3.65. The van der Waals surface area contributed by atoms with E-state index in [9.17, 15) is 13.6 Å². The largest absolute Gasteiger partial charge is 0.768 e. The lowest BCUT2D eigenvalue weighted by molar-refractivity contribution is 0.112. The molecule has 0 aliphatic carbocycles. The minimum Gasteiger partial charge on any atom is -0.768 e. The molecule has 0 aliphatic heterocycles. The Morgan fingerprint density at radius 3 is 1.70 bits per heavy atom. The van der Waals surface area contributed by atoms with Crippen LogP contribution in [0.2, 0.25) is 5.02 Å². The van der Waals surface area contributed by atoms with Crippen molar-refractivity contribution in [2.45, 2.75) is 64.2 Å². The number of halogens is 1. The van der Waals surface area contributed by atoms with Crippen molar-refractivity contribution in [3.05, 3.63) is 63.7 Å². The first kappa shape index (κ1) is 23.5. The van der Waals surface area contributed by atoms with Gasteiger partial charge in [0.15, 0.2) is 6.29 Å². The molecule has 2 aromatic carbocycles. The molecule has 1 unspecified atom stereocenters. The highest BCUT2D eigenvalue weighted by atomic mass is 35.5. The summed E-state index contributed by atoms with van der Waals surface area (Å²) >= 11 is 3.43. The molecule has 27 heavy (non-hydrogen) atoms. The van der Waals surface area contributed by atoms with Crippen molar-refractivity contribution in [1.82, 2.24) is 0 Å². The molecule has 2 aromatic rings. The summed E-state index contributed by atoms with van der Waals surface area (Å²) in [7, 11) is 0. The standard InChI is InChI=1S/C15H24O2S.C7H5ClO/c1-9(2)12-7-13(10(3)4)15(18(16)17)14(8-12)11(5)6;8-7-4-2-1-3-6(7)5-9/h7-11H,1-6H3,(H,16,17);1-5H/p-1. The van der Waals surface area contributed by atoms with Crippen LogP contribution in [-0.2, 0) is 11.1 Å². The van der Waals surface area contributed by atoms with Crippen LogP contribution in [0, 0.1) is 0 Å². The third kappa shape index (κ3) is 6.56. The Hall–Kier alpha value is -1.49. The van der Waals surface area contributed by atoms with Gasteiger partial charge in [-0.3, -0.25) is 9.00 Å². The Labute approximate surface area is 170 Å². The second kappa shape index (κ2) is 10.7. The SMILES string of the molecule is CC(C)c1cc(C(C)C)c(S(=O)[O-])c(C(C)C)c1.O=Cc1ccccc1Cl. The zero-order valence-electron chi connectivity index (χ0n) is 16.8. The molecule has 0 heterocycles. The fourth-order valence-corrected chi connectivity index (χ4v) is 3.81. The zero-order valence-corrected chi connectivity index (χ0v) is 18.4. The smallest absolute Gasteiger partial charge is 0.151 e. The molecule has 0 saturated heterocycles. The summed E-state index contributed by atoms with van der Waals surface area (Å²) in [4.78, 5) is 10.6. The van der Waals surface area contributed by atoms with E-state index in [2.05, 4.69) is 13.8 Å². The molecule has 0 saturated carbocycles. The molecule has 0 bridgehead atoms. The van der Waals surface area contributed by atoms with Gasteiger partial charge in [0.05, 0.1) is 5.02 Å². The van der Waals surface area contributed by atoms with E-state index in [1.165, 1.54) is 5.56 Å². The van der Waals surface area contributed by atoms with Gasteiger partial charge in [0, 0.05) is 10.5 Å². The van der Waals surface area contributed by atoms with Crippen LogP contribution in [-0.4, -0.2) is 15.0 Å². The number of carbonyl (C=O) groups is 1. The molecule has 0 aliphatic rings. The van der Waals surface area contributed by atoms with E-state index >= 15 is 0 Å². The molecule has 0 aromatic heterocycles.